The summed E-state index contributed by atoms with van der Waals surface area (Å²) in [5.74, 6) is -11.6. The second-order valence-electron chi connectivity index (χ2n) is 18.1. The number of likely N-dealkylation sites (tertiary alicyclic amines) is 3. The van der Waals surface area contributed by atoms with E-state index in [1.54, 1.807) is 41.5 Å². The number of esters is 2. The van der Waals surface area contributed by atoms with Gasteiger partial charge in [-0.15, -0.1) is 0 Å². The van der Waals surface area contributed by atoms with Gasteiger partial charge in [0.2, 0.25) is 11.8 Å². The summed E-state index contributed by atoms with van der Waals surface area (Å²) in [7, 11) is 2.31. The molecule has 2 aromatic rings. The molecule has 4 aliphatic rings. The smallest absolute Gasteiger partial charge is 0.411 e. The van der Waals surface area contributed by atoms with E-state index in [2.05, 4.69) is 19.6 Å². The Morgan fingerprint density at radius 1 is 0.838 bits per heavy atom. The van der Waals surface area contributed by atoms with Gasteiger partial charge in [-0.3, -0.25) is 24.2 Å². The Morgan fingerprint density at radius 3 is 1.87 bits per heavy atom. The lowest BCUT2D eigenvalue weighted by Gasteiger charge is -2.26. The number of nitrogens with zero attached hydrogens (tertiary/aromatic N) is 5. The fourth-order valence-corrected chi connectivity index (χ4v) is 6.83. The fraction of sp³-hybridized carbons (Fsp3) is 0.643. The van der Waals surface area contributed by atoms with Crippen LogP contribution in [0.25, 0.3) is 0 Å². The Balaban J connectivity index is 0.000000279. The predicted molar refractivity (Wildman–Crippen MR) is 218 cm³/mol. The first kappa shape index (κ1) is 56.2. The van der Waals surface area contributed by atoms with Crippen LogP contribution in [-0.4, -0.2) is 147 Å². The van der Waals surface area contributed by atoms with Crippen molar-refractivity contribution >= 4 is 42.3 Å². The van der Waals surface area contributed by atoms with Crippen LogP contribution in [0.5, 0.6) is 0 Å². The maximum atomic E-state index is 14.0. The van der Waals surface area contributed by atoms with Crippen molar-refractivity contribution in [3.8, 4) is 0 Å². The molecule has 3 N–H and O–H groups in total. The first-order chi connectivity index (χ1) is 31.3. The maximum Gasteiger partial charge on any atom is 0.411 e. The monoisotopic (exact) mass is 984 g/mol. The van der Waals surface area contributed by atoms with Crippen molar-refractivity contribution in [3.63, 3.8) is 0 Å². The first-order valence-electron chi connectivity index (χ1n) is 20.9. The van der Waals surface area contributed by atoms with Gasteiger partial charge in [0, 0.05) is 43.7 Å². The van der Waals surface area contributed by atoms with Crippen molar-refractivity contribution in [2.45, 2.75) is 140 Å². The standard InChI is InChI=1S/C19H19F5N4O2.C11H17F2NO4.C11H17NO5.CH2O2/c20-12-6-14(22)13(21)4-10(12)3-11(25)5-16(29)28-8-19(23,24)7-15(28)18-26-17(27-30-18)9-1-2-9;1-10(2,3)18-9(16)14-6-11(12,13)5-7(14)8(15)17-4;1-11(2,3)17-10(15)12-6-7(13)5-8(12)9(14)16-4;2-1-3/h4,6,9,11,15H,1-3,5,7-8,25H2;7H,5-6H2,1-4H3;8H,5-6H2,1-4H3;1H,(H,2,3)/t11-,15+;7-;8-;/m100./s1. The van der Waals surface area contributed by atoms with Crippen molar-refractivity contribution in [1.82, 2.24) is 24.8 Å². The maximum absolute atomic E-state index is 14.0. The van der Waals surface area contributed by atoms with Crippen LogP contribution in [0.4, 0.5) is 40.3 Å². The molecule has 3 amide bonds. The summed E-state index contributed by atoms with van der Waals surface area (Å²) in [6.45, 7) is 7.99. The Morgan fingerprint density at radius 2 is 1.34 bits per heavy atom. The van der Waals surface area contributed by atoms with Crippen LogP contribution in [-0.2, 0) is 49.3 Å². The summed E-state index contributed by atoms with van der Waals surface area (Å²) >= 11 is 0. The Labute approximate surface area is 385 Å². The lowest BCUT2D eigenvalue weighted by atomic mass is 10.0. The van der Waals surface area contributed by atoms with Crippen molar-refractivity contribution in [2.75, 3.05) is 33.9 Å². The van der Waals surface area contributed by atoms with Gasteiger partial charge in [0.1, 0.15) is 35.1 Å². The Hall–Kier alpha value is -6.08. The fourth-order valence-electron chi connectivity index (χ4n) is 6.83. The number of hydrogen-bond acceptors (Lipinski definition) is 15. The minimum atomic E-state index is -3.13. The van der Waals surface area contributed by atoms with Crippen molar-refractivity contribution < 1.29 is 92.9 Å². The molecule has 1 saturated carbocycles. The second kappa shape index (κ2) is 22.8. The zero-order valence-corrected chi connectivity index (χ0v) is 38.5. The van der Waals surface area contributed by atoms with Gasteiger partial charge in [-0.05, 0) is 72.4 Å². The van der Waals surface area contributed by atoms with Gasteiger partial charge in [-0.2, -0.15) is 4.98 Å². The van der Waals surface area contributed by atoms with Gasteiger partial charge in [-0.25, -0.2) is 49.9 Å². The van der Waals surface area contributed by atoms with E-state index in [4.69, 9.17) is 29.6 Å². The van der Waals surface area contributed by atoms with Crippen LogP contribution >= 0.6 is 0 Å². The van der Waals surface area contributed by atoms with Gasteiger partial charge in [0.05, 0.1) is 33.9 Å². The van der Waals surface area contributed by atoms with Gasteiger partial charge in [0.15, 0.2) is 23.2 Å². The molecular weight excluding hydrogens is 929 g/mol. The van der Waals surface area contributed by atoms with Crippen molar-refractivity contribution in [3.05, 3.63) is 46.9 Å². The second-order valence-corrected chi connectivity index (χ2v) is 18.1. The Kier molecular flexibility index (Phi) is 18.9. The van der Waals surface area contributed by atoms with E-state index >= 15 is 0 Å². The number of ether oxygens (including phenoxy) is 4. The van der Waals surface area contributed by atoms with E-state index in [-0.39, 0.29) is 49.0 Å². The summed E-state index contributed by atoms with van der Waals surface area (Å²) < 4.78 is 119. The molecule has 68 heavy (non-hydrogen) atoms. The van der Waals surface area contributed by atoms with Gasteiger partial charge in [0.25, 0.3) is 18.3 Å². The third-order valence-electron chi connectivity index (χ3n) is 9.90. The average molecular weight is 985 g/mol. The summed E-state index contributed by atoms with van der Waals surface area (Å²) in [5.41, 5.74) is 4.19. The number of hydrogen-bond donors (Lipinski definition) is 2. The molecule has 0 bridgehead atoms. The number of methoxy groups -OCH3 is 2. The molecule has 0 radical (unpaired) electrons. The molecule has 3 saturated heterocycles. The lowest BCUT2D eigenvalue weighted by Crippen LogP contribution is -2.44. The number of rotatable bonds is 8. The number of alkyl halides is 4. The highest BCUT2D eigenvalue weighted by molar-refractivity contribution is 5.95. The lowest BCUT2D eigenvalue weighted by molar-refractivity contribution is -0.146. The van der Waals surface area contributed by atoms with Crippen LogP contribution in [0.2, 0.25) is 0 Å². The van der Waals surface area contributed by atoms with Crippen LogP contribution in [0.3, 0.4) is 0 Å². The number of carbonyl (C=O) groups excluding carboxylic acids is 6. The number of benzene rings is 1. The highest BCUT2D eigenvalue weighted by Gasteiger charge is 2.52. The molecule has 0 spiro atoms. The molecule has 19 nitrogen and oxygen atoms in total. The zero-order valence-electron chi connectivity index (χ0n) is 38.5. The van der Waals surface area contributed by atoms with Crippen LogP contribution in [0, 0.1) is 17.5 Å². The number of halogens is 7. The Bertz CT molecular complexity index is 2150. The predicted octanol–water partition coefficient (Wildman–Crippen LogP) is 5.48. The minimum absolute atomic E-state index is 0.00802. The highest BCUT2D eigenvalue weighted by atomic mass is 19.3. The molecule has 4 atom stereocenters. The summed E-state index contributed by atoms with van der Waals surface area (Å²) in [5, 5.41) is 10.7. The zero-order chi connectivity index (χ0) is 51.7. The van der Waals surface area contributed by atoms with Crippen LogP contribution in [0.1, 0.15) is 109 Å². The molecule has 380 valence electrons. The van der Waals surface area contributed by atoms with Gasteiger partial charge in [-0.1, -0.05) is 5.16 Å². The quantitative estimate of drug-likeness (QED) is 0.109. The molecule has 4 fully saturated rings. The number of carboxylic acid groups (broad SMARTS) is 1. The molecule has 3 aliphatic heterocycles. The number of amides is 3. The molecule has 1 aromatic heterocycles. The van der Waals surface area contributed by atoms with Crippen LogP contribution in [0.15, 0.2) is 16.7 Å². The molecule has 4 heterocycles. The number of nitrogens with two attached hydrogens (primary N) is 1. The molecular formula is C42H55F7N6O13. The number of aromatic nitrogens is 2. The van der Waals surface area contributed by atoms with E-state index in [0.29, 0.717) is 18.0 Å². The normalized spacial score (nSPS) is 20.9. The van der Waals surface area contributed by atoms with E-state index in [9.17, 15) is 59.5 Å². The summed E-state index contributed by atoms with van der Waals surface area (Å²) in [4.78, 5) is 85.6. The average Bonchev–Trinajstić information content (AvgIpc) is 3.48. The van der Waals surface area contributed by atoms with E-state index in [1.807, 2.05) is 0 Å². The van der Waals surface area contributed by atoms with E-state index in [0.717, 1.165) is 34.7 Å². The van der Waals surface area contributed by atoms with Gasteiger partial charge < -0.3 is 39.2 Å². The van der Waals surface area contributed by atoms with Gasteiger partial charge >= 0.3 is 24.1 Å². The molecule has 0 unspecified atom stereocenters. The SMILES string of the molecule is COC(=O)[C@@H]1CC(=O)CN1C(=O)OC(C)(C)C.COC(=O)[C@@H]1CC(F)(F)CN1C(=O)OC(C)(C)C.N[C@@H](CC(=O)N1CC(F)(F)C[C@H]1c1nc(C2CC2)no1)Cc1cc(F)c(F)cc1F.O=CO. The molecule has 6 rings (SSSR count). The third kappa shape index (κ3) is 16.6. The third-order valence-corrected chi connectivity index (χ3v) is 9.90. The summed E-state index contributed by atoms with van der Waals surface area (Å²) in [6.07, 6.45) is -1.86. The highest BCUT2D eigenvalue weighted by Crippen LogP contribution is 2.43. The van der Waals surface area contributed by atoms with Crippen molar-refractivity contribution in [2.24, 2.45) is 5.73 Å². The number of carbonyl (C=O) groups is 7. The molecule has 1 aliphatic carbocycles. The largest absolute Gasteiger partial charge is 0.483 e. The minimum Gasteiger partial charge on any atom is -0.483 e. The summed E-state index contributed by atoms with van der Waals surface area (Å²) in [6, 6.07) is -3.17. The van der Waals surface area contributed by atoms with E-state index < -0.39 is 127 Å². The molecule has 26 heteroatoms. The topological polar surface area (TPSA) is 251 Å². The first-order valence-corrected chi connectivity index (χ1v) is 20.9. The van der Waals surface area contributed by atoms with Crippen LogP contribution < -0.4 is 5.73 Å². The molecule has 1 aromatic carbocycles. The van der Waals surface area contributed by atoms with Crippen molar-refractivity contribution in [1.29, 1.82) is 0 Å². The number of Topliss-reactive ketones (excluding diaryl/α,β-unsaturated/α-hetero) is 1. The van der Waals surface area contributed by atoms with E-state index in [1.165, 1.54) is 7.11 Å². The number of ketones is 1.